The number of hydrogen-bond donors (Lipinski definition) is 1. The van der Waals surface area contributed by atoms with Gasteiger partial charge in [-0.2, -0.15) is 5.26 Å². The summed E-state index contributed by atoms with van der Waals surface area (Å²) in [5.41, 5.74) is 0.808. The number of nitrogens with zero attached hydrogens (tertiary/aromatic N) is 1. The van der Waals surface area contributed by atoms with Crippen molar-refractivity contribution in [3.63, 3.8) is 0 Å². The highest BCUT2D eigenvalue weighted by Crippen LogP contribution is 2.25. The first-order chi connectivity index (χ1) is 8.61. The van der Waals surface area contributed by atoms with E-state index in [2.05, 4.69) is 21.2 Å². The van der Waals surface area contributed by atoms with Gasteiger partial charge >= 0.3 is 0 Å². The minimum atomic E-state index is -0.333. The van der Waals surface area contributed by atoms with E-state index >= 15 is 0 Å². The molecule has 0 aliphatic rings. The molecule has 0 saturated heterocycles. The van der Waals surface area contributed by atoms with E-state index in [1.807, 2.05) is 6.07 Å². The average Bonchev–Trinajstić information content (AvgIpc) is 2.79. The van der Waals surface area contributed by atoms with Crippen LogP contribution in [-0.4, -0.2) is 5.91 Å². The molecule has 6 heteroatoms. The Morgan fingerprint density at radius 1 is 1.44 bits per heavy atom. The zero-order valence-electron chi connectivity index (χ0n) is 8.91. The normalized spacial score (nSPS) is 9.83. The van der Waals surface area contributed by atoms with Crippen LogP contribution in [-0.2, 0) is 0 Å². The lowest BCUT2D eigenvalue weighted by atomic mass is 10.2. The predicted octanol–water partition coefficient (Wildman–Crippen LogP) is 4.29. The van der Waals surface area contributed by atoms with Gasteiger partial charge in [0.05, 0.1) is 16.1 Å². The van der Waals surface area contributed by atoms with E-state index < -0.39 is 0 Å². The van der Waals surface area contributed by atoms with Gasteiger partial charge in [0.2, 0.25) is 0 Å². The van der Waals surface area contributed by atoms with E-state index in [-0.39, 0.29) is 5.91 Å². The molecule has 0 aliphatic heterocycles. The molecule has 1 aromatic heterocycles. The van der Waals surface area contributed by atoms with E-state index in [1.54, 1.807) is 29.6 Å². The number of benzene rings is 1. The third-order valence-corrected chi connectivity index (χ3v) is 3.84. The second-order valence-corrected chi connectivity index (χ2v) is 5.59. The minimum Gasteiger partial charge on any atom is -0.312 e. The van der Waals surface area contributed by atoms with Crippen LogP contribution < -0.4 is 5.32 Å². The fraction of sp³-hybridized carbons (Fsp3) is 0. The Hall–Kier alpha value is -1.35. The zero-order valence-corrected chi connectivity index (χ0v) is 12.1. The third-order valence-electron chi connectivity index (χ3n) is 2.19. The van der Waals surface area contributed by atoms with Crippen molar-refractivity contribution in [1.82, 2.24) is 0 Å². The van der Waals surface area contributed by atoms with Crippen LogP contribution in [0.5, 0.6) is 0 Å². The fourth-order valence-electron chi connectivity index (χ4n) is 1.34. The van der Waals surface area contributed by atoms with Gasteiger partial charge in [-0.15, -0.1) is 11.3 Å². The monoisotopic (exact) mass is 340 g/mol. The zero-order chi connectivity index (χ0) is 13.1. The van der Waals surface area contributed by atoms with Crippen molar-refractivity contribution in [3.05, 3.63) is 50.3 Å². The molecular formula is C12H6BrClN2OS. The van der Waals surface area contributed by atoms with Gasteiger partial charge in [0.15, 0.2) is 0 Å². The second kappa shape index (κ2) is 5.53. The van der Waals surface area contributed by atoms with Crippen LogP contribution in [0.15, 0.2) is 34.1 Å². The smallest absolute Gasteiger partial charge is 0.257 e. The first-order valence-electron chi connectivity index (χ1n) is 4.86. The van der Waals surface area contributed by atoms with Crippen molar-refractivity contribution in [2.24, 2.45) is 0 Å². The Labute approximate surface area is 121 Å². The Bertz CT molecular complexity index is 648. The van der Waals surface area contributed by atoms with Crippen LogP contribution in [0.2, 0.25) is 5.02 Å². The molecule has 90 valence electrons. The van der Waals surface area contributed by atoms with Crippen LogP contribution in [0.3, 0.4) is 0 Å². The number of amides is 1. The van der Waals surface area contributed by atoms with E-state index in [4.69, 9.17) is 16.9 Å². The van der Waals surface area contributed by atoms with Crippen molar-refractivity contribution in [2.45, 2.75) is 0 Å². The van der Waals surface area contributed by atoms with Gasteiger partial charge in [-0.05, 0) is 29.6 Å². The summed E-state index contributed by atoms with van der Waals surface area (Å²) in [5.74, 6) is -0.333. The van der Waals surface area contributed by atoms with E-state index in [1.165, 1.54) is 11.3 Å². The van der Waals surface area contributed by atoms with Crippen molar-refractivity contribution < 1.29 is 4.79 Å². The van der Waals surface area contributed by atoms with E-state index in [0.717, 1.165) is 4.47 Å². The summed E-state index contributed by atoms with van der Waals surface area (Å²) in [5, 5.41) is 14.2. The van der Waals surface area contributed by atoms with Gasteiger partial charge in [0.25, 0.3) is 5.91 Å². The fourth-order valence-corrected chi connectivity index (χ4v) is 2.63. The van der Waals surface area contributed by atoms with Gasteiger partial charge in [-0.25, -0.2) is 0 Å². The molecular weight excluding hydrogens is 336 g/mol. The summed E-state index contributed by atoms with van der Waals surface area (Å²) in [6.45, 7) is 0. The molecule has 0 saturated carbocycles. The van der Waals surface area contributed by atoms with E-state index in [9.17, 15) is 4.79 Å². The number of hydrogen-bond acceptors (Lipinski definition) is 3. The molecule has 2 aromatic rings. The largest absolute Gasteiger partial charge is 0.312 e. The molecule has 0 fully saturated rings. The summed E-state index contributed by atoms with van der Waals surface area (Å²) in [6.07, 6.45) is 0. The summed E-state index contributed by atoms with van der Waals surface area (Å²) >= 11 is 10.5. The SMILES string of the molecule is N#Cc1ccsc1NC(=O)c1cc(Br)ccc1Cl. The summed E-state index contributed by atoms with van der Waals surface area (Å²) in [6, 6.07) is 8.70. The molecule has 0 bridgehead atoms. The Kier molecular flexibility index (Phi) is 4.02. The molecule has 1 aromatic carbocycles. The van der Waals surface area contributed by atoms with Crippen molar-refractivity contribution in [1.29, 1.82) is 5.26 Å². The van der Waals surface area contributed by atoms with Crippen LogP contribution in [0.4, 0.5) is 5.00 Å². The van der Waals surface area contributed by atoms with Gasteiger partial charge in [-0.1, -0.05) is 27.5 Å². The lowest BCUT2D eigenvalue weighted by Crippen LogP contribution is -2.12. The lowest BCUT2D eigenvalue weighted by Gasteiger charge is -2.05. The molecule has 1 N–H and O–H groups in total. The van der Waals surface area contributed by atoms with Crippen LogP contribution >= 0.6 is 38.9 Å². The second-order valence-electron chi connectivity index (χ2n) is 3.35. The number of carbonyl (C=O) groups excluding carboxylic acids is 1. The molecule has 18 heavy (non-hydrogen) atoms. The number of carbonyl (C=O) groups is 1. The number of rotatable bonds is 2. The number of nitrogens with one attached hydrogen (secondary N) is 1. The van der Waals surface area contributed by atoms with Crippen LogP contribution in [0.25, 0.3) is 0 Å². The maximum atomic E-state index is 12.0. The molecule has 2 rings (SSSR count). The molecule has 0 aliphatic carbocycles. The van der Waals surface area contributed by atoms with Crippen molar-refractivity contribution >= 4 is 49.8 Å². The van der Waals surface area contributed by atoms with Crippen molar-refractivity contribution in [2.75, 3.05) is 5.32 Å². The highest BCUT2D eigenvalue weighted by Gasteiger charge is 2.13. The minimum absolute atomic E-state index is 0.333. The maximum absolute atomic E-state index is 12.0. The molecule has 3 nitrogen and oxygen atoms in total. The topological polar surface area (TPSA) is 52.9 Å². The summed E-state index contributed by atoms with van der Waals surface area (Å²) < 4.78 is 0.767. The predicted molar refractivity (Wildman–Crippen MR) is 76.1 cm³/mol. The molecule has 1 amide bonds. The Morgan fingerprint density at radius 2 is 2.22 bits per heavy atom. The average molecular weight is 342 g/mol. The molecule has 0 unspecified atom stereocenters. The van der Waals surface area contributed by atoms with Crippen LogP contribution in [0, 0.1) is 11.3 Å². The van der Waals surface area contributed by atoms with Gasteiger partial charge < -0.3 is 5.32 Å². The van der Waals surface area contributed by atoms with Crippen molar-refractivity contribution in [3.8, 4) is 6.07 Å². The quantitative estimate of drug-likeness (QED) is 0.886. The standard InChI is InChI=1S/C12H6BrClN2OS/c13-8-1-2-10(14)9(5-8)11(17)16-12-7(6-15)3-4-18-12/h1-5H,(H,16,17). The highest BCUT2D eigenvalue weighted by atomic mass is 79.9. The number of thiophene rings is 1. The third kappa shape index (κ3) is 2.72. The van der Waals surface area contributed by atoms with E-state index in [0.29, 0.717) is 21.2 Å². The molecule has 0 atom stereocenters. The number of halogens is 2. The van der Waals surface area contributed by atoms with Gasteiger partial charge in [0, 0.05) is 4.47 Å². The Balaban J connectivity index is 2.28. The van der Waals surface area contributed by atoms with Crippen LogP contribution in [0.1, 0.15) is 15.9 Å². The van der Waals surface area contributed by atoms with Gasteiger partial charge in [-0.3, -0.25) is 4.79 Å². The molecule has 1 heterocycles. The Morgan fingerprint density at radius 3 is 2.94 bits per heavy atom. The summed E-state index contributed by atoms with van der Waals surface area (Å²) in [4.78, 5) is 12.0. The maximum Gasteiger partial charge on any atom is 0.257 e. The molecule has 0 radical (unpaired) electrons. The number of nitriles is 1. The summed E-state index contributed by atoms with van der Waals surface area (Å²) in [7, 11) is 0. The highest BCUT2D eigenvalue weighted by molar-refractivity contribution is 9.10. The lowest BCUT2D eigenvalue weighted by molar-refractivity contribution is 0.102. The molecule has 0 spiro atoms. The van der Waals surface area contributed by atoms with Gasteiger partial charge in [0.1, 0.15) is 11.1 Å². The number of anilines is 1. The first-order valence-corrected chi connectivity index (χ1v) is 6.91. The first kappa shape index (κ1) is 13.1.